The lowest BCUT2D eigenvalue weighted by Gasteiger charge is -2.07. The van der Waals surface area contributed by atoms with Gasteiger partial charge in [0.15, 0.2) is 0 Å². The van der Waals surface area contributed by atoms with Crippen LogP contribution in [0.5, 0.6) is 11.5 Å². The van der Waals surface area contributed by atoms with E-state index in [4.69, 9.17) is 4.74 Å². The summed E-state index contributed by atoms with van der Waals surface area (Å²) in [5, 5.41) is 9.55. The van der Waals surface area contributed by atoms with Crippen LogP contribution in [0.1, 0.15) is 5.56 Å². The van der Waals surface area contributed by atoms with E-state index in [1.165, 1.54) is 0 Å². The molecular formula is C13H11BrO2. The number of aromatic hydroxyl groups is 1. The molecule has 0 amide bonds. The van der Waals surface area contributed by atoms with Gasteiger partial charge >= 0.3 is 0 Å². The molecule has 2 aromatic carbocycles. The molecule has 0 fully saturated rings. The minimum atomic E-state index is 0.264. The van der Waals surface area contributed by atoms with Gasteiger partial charge in [0.25, 0.3) is 0 Å². The molecule has 0 atom stereocenters. The summed E-state index contributed by atoms with van der Waals surface area (Å²) in [6.07, 6.45) is 0. The molecule has 0 aliphatic rings. The van der Waals surface area contributed by atoms with Gasteiger partial charge in [0, 0.05) is 10.0 Å². The molecule has 2 rings (SSSR count). The maximum Gasteiger partial charge on any atom is 0.122 e. The first-order valence-corrected chi connectivity index (χ1v) is 5.70. The lowest BCUT2D eigenvalue weighted by molar-refractivity contribution is 0.299. The molecule has 0 unspecified atom stereocenters. The van der Waals surface area contributed by atoms with Crippen LogP contribution in [0.4, 0.5) is 0 Å². The Morgan fingerprint density at radius 2 is 1.69 bits per heavy atom. The van der Waals surface area contributed by atoms with Crippen LogP contribution in [-0.2, 0) is 6.61 Å². The van der Waals surface area contributed by atoms with Crippen LogP contribution >= 0.6 is 15.9 Å². The van der Waals surface area contributed by atoms with Crippen LogP contribution in [-0.4, -0.2) is 5.11 Å². The van der Waals surface area contributed by atoms with Gasteiger partial charge in [-0.15, -0.1) is 0 Å². The Balaban J connectivity index is 2.02. The Morgan fingerprint density at radius 1 is 1.00 bits per heavy atom. The Hall–Kier alpha value is -1.48. The zero-order chi connectivity index (χ0) is 11.4. The first-order chi connectivity index (χ1) is 7.75. The first-order valence-electron chi connectivity index (χ1n) is 4.91. The Kier molecular flexibility index (Phi) is 3.47. The van der Waals surface area contributed by atoms with E-state index in [9.17, 15) is 5.11 Å². The number of phenols is 1. The van der Waals surface area contributed by atoms with E-state index in [2.05, 4.69) is 15.9 Å². The maximum absolute atomic E-state index is 9.55. The largest absolute Gasteiger partial charge is 0.508 e. The van der Waals surface area contributed by atoms with Crippen molar-refractivity contribution in [3.63, 3.8) is 0 Å². The van der Waals surface area contributed by atoms with Crippen molar-refractivity contribution >= 4 is 15.9 Å². The van der Waals surface area contributed by atoms with Gasteiger partial charge in [-0.3, -0.25) is 0 Å². The third kappa shape index (κ3) is 2.76. The van der Waals surface area contributed by atoms with Crippen molar-refractivity contribution in [3.8, 4) is 11.5 Å². The van der Waals surface area contributed by atoms with Gasteiger partial charge in [0.1, 0.15) is 18.1 Å². The van der Waals surface area contributed by atoms with E-state index in [0.29, 0.717) is 6.61 Å². The SMILES string of the molecule is Oc1ccccc1COc1ccc(Br)cc1. The first kappa shape index (κ1) is 11.0. The molecular weight excluding hydrogens is 268 g/mol. The van der Waals surface area contributed by atoms with Crippen LogP contribution in [0, 0.1) is 0 Å². The quantitative estimate of drug-likeness (QED) is 0.927. The van der Waals surface area contributed by atoms with Crippen molar-refractivity contribution in [1.82, 2.24) is 0 Å². The lowest BCUT2D eigenvalue weighted by atomic mass is 10.2. The number of para-hydroxylation sites is 1. The summed E-state index contributed by atoms with van der Waals surface area (Å²) >= 11 is 3.36. The monoisotopic (exact) mass is 278 g/mol. The zero-order valence-corrected chi connectivity index (χ0v) is 10.1. The number of hydrogen-bond donors (Lipinski definition) is 1. The van der Waals surface area contributed by atoms with E-state index < -0.39 is 0 Å². The summed E-state index contributed by atoms with van der Waals surface area (Å²) in [5.41, 5.74) is 0.783. The average Bonchev–Trinajstić information content (AvgIpc) is 2.30. The standard InChI is InChI=1S/C13H11BrO2/c14-11-5-7-12(8-6-11)16-9-10-3-1-2-4-13(10)15/h1-8,15H,9H2. The summed E-state index contributed by atoms with van der Waals surface area (Å²) in [4.78, 5) is 0. The highest BCUT2D eigenvalue weighted by molar-refractivity contribution is 9.10. The zero-order valence-electron chi connectivity index (χ0n) is 8.56. The van der Waals surface area contributed by atoms with Crippen molar-refractivity contribution in [2.45, 2.75) is 6.61 Å². The highest BCUT2D eigenvalue weighted by Crippen LogP contribution is 2.20. The van der Waals surface area contributed by atoms with E-state index in [0.717, 1.165) is 15.8 Å². The van der Waals surface area contributed by atoms with Crippen molar-refractivity contribution in [2.24, 2.45) is 0 Å². The van der Waals surface area contributed by atoms with Crippen LogP contribution in [0.3, 0.4) is 0 Å². The fourth-order valence-electron chi connectivity index (χ4n) is 1.32. The van der Waals surface area contributed by atoms with Crippen LogP contribution < -0.4 is 4.74 Å². The third-order valence-electron chi connectivity index (χ3n) is 2.20. The number of phenolic OH excluding ortho intramolecular Hbond substituents is 1. The van der Waals surface area contributed by atoms with Gasteiger partial charge in [0.2, 0.25) is 0 Å². The number of hydrogen-bond acceptors (Lipinski definition) is 2. The Morgan fingerprint density at radius 3 is 2.38 bits per heavy atom. The molecule has 0 heterocycles. The molecule has 0 radical (unpaired) electrons. The van der Waals surface area contributed by atoms with Crippen molar-refractivity contribution < 1.29 is 9.84 Å². The van der Waals surface area contributed by atoms with Gasteiger partial charge in [-0.25, -0.2) is 0 Å². The van der Waals surface area contributed by atoms with Crippen LogP contribution in [0.25, 0.3) is 0 Å². The van der Waals surface area contributed by atoms with Gasteiger partial charge in [-0.2, -0.15) is 0 Å². The predicted octanol–water partition coefficient (Wildman–Crippen LogP) is 3.73. The second-order valence-electron chi connectivity index (χ2n) is 3.37. The van der Waals surface area contributed by atoms with Gasteiger partial charge in [-0.05, 0) is 30.3 Å². The number of benzene rings is 2. The Bertz CT molecular complexity index is 466. The lowest BCUT2D eigenvalue weighted by Crippen LogP contribution is -1.95. The molecule has 2 aromatic rings. The molecule has 0 spiro atoms. The summed E-state index contributed by atoms with van der Waals surface area (Å²) in [6, 6.07) is 14.8. The van der Waals surface area contributed by atoms with Crippen molar-refractivity contribution in [3.05, 3.63) is 58.6 Å². The molecule has 0 saturated carbocycles. The van der Waals surface area contributed by atoms with Crippen LogP contribution in [0.15, 0.2) is 53.0 Å². The maximum atomic E-state index is 9.55. The predicted molar refractivity (Wildman–Crippen MR) is 66.6 cm³/mol. The van der Waals surface area contributed by atoms with E-state index in [-0.39, 0.29) is 5.75 Å². The molecule has 0 bridgehead atoms. The third-order valence-corrected chi connectivity index (χ3v) is 2.73. The highest BCUT2D eigenvalue weighted by Gasteiger charge is 2.00. The second-order valence-corrected chi connectivity index (χ2v) is 4.29. The fourth-order valence-corrected chi connectivity index (χ4v) is 1.59. The van der Waals surface area contributed by atoms with Crippen molar-refractivity contribution in [1.29, 1.82) is 0 Å². The molecule has 16 heavy (non-hydrogen) atoms. The molecule has 3 heteroatoms. The smallest absolute Gasteiger partial charge is 0.122 e. The molecule has 0 aliphatic carbocycles. The normalized spacial score (nSPS) is 10.1. The highest BCUT2D eigenvalue weighted by atomic mass is 79.9. The molecule has 0 aliphatic heterocycles. The minimum absolute atomic E-state index is 0.264. The molecule has 0 saturated heterocycles. The number of ether oxygens (including phenoxy) is 1. The molecule has 0 aromatic heterocycles. The molecule has 82 valence electrons. The second kappa shape index (κ2) is 5.03. The van der Waals surface area contributed by atoms with Crippen molar-refractivity contribution in [2.75, 3.05) is 0 Å². The average molecular weight is 279 g/mol. The van der Waals surface area contributed by atoms with Crippen LogP contribution in [0.2, 0.25) is 0 Å². The van der Waals surface area contributed by atoms with Gasteiger partial charge in [-0.1, -0.05) is 34.1 Å². The van der Waals surface area contributed by atoms with Gasteiger partial charge < -0.3 is 9.84 Å². The summed E-state index contributed by atoms with van der Waals surface area (Å²) in [7, 11) is 0. The van der Waals surface area contributed by atoms with E-state index in [1.54, 1.807) is 12.1 Å². The van der Waals surface area contributed by atoms with E-state index in [1.807, 2.05) is 36.4 Å². The van der Waals surface area contributed by atoms with Gasteiger partial charge in [0.05, 0.1) is 0 Å². The summed E-state index contributed by atoms with van der Waals surface area (Å²) in [5.74, 6) is 1.05. The summed E-state index contributed by atoms with van der Waals surface area (Å²) < 4.78 is 6.56. The summed E-state index contributed by atoms with van der Waals surface area (Å²) in [6.45, 7) is 0.369. The molecule has 2 nitrogen and oxygen atoms in total. The fraction of sp³-hybridized carbons (Fsp3) is 0.0769. The minimum Gasteiger partial charge on any atom is -0.508 e. The number of rotatable bonds is 3. The molecule has 1 N–H and O–H groups in total. The van der Waals surface area contributed by atoms with E-state index >= 15 is 0 Å². The Labute approximate surface area is 103 Å². The topological polar surface area (TPSA) is 29.5 Å². The number of halogens is 1.